The molecule has 2 aromatic heterocycles. The van der Waals surface area contributed by atoms with Gasteiger partial charge in [-0.3, -0.25) is 9.78 Å². The maximum absolute atomic E-state index is 14.9. The van der Waals surface area contributed by atoms with Crippen molar-refractivity contribution in [2.75, 3.05) is 0 Å². The van der Waals surface area contributed by atoms with E-state index >= 15 is 0 Å². The summed E-state index contributed by atoms with van der Waals surface area (Å²) in [4.78, 5) is 18.3. The van der Waals surface area contributed by atoms with Crippen LogP contribution in [0.2, 0.25) is 5.02 Å². The molecule has 0 amide bonds. The van der Waals surface area contributed by atoms with Crippen molar-refractivity contribution in [1.29, 1.82) is 0 Å². The average molecular weight is 325 g/mol. The second-order valence-electron chi connectivity index (χ2n) is 5.22. The van der Waals surface area contributed by atoms with Crippen LogP contribution in [0.4, 0.5) is 4.39 Å². The Hall–Kier alpha value is -2.72. The standard InChI is InChI=1S/C18H10ClFN2O/c19-13-6-2-4-10-3-1-5-12(15(10)13)18-16(20)17-11(9-21-18)7-8-14(23)22-17/h1-9H,(H,22,23). The average Bonchev–Trinajstić information content (AvgIpc) is 2.56. The van der Waals surface area contributed by atoms with Gasteiger partial charge in [0.25, 0.3) is 0 Å². The Morgan fingerprint density at radius 2 is 1.78 bits per heavy atom. The van der Waals surface area contributed by atoms with Gasteiger partial charge in [-0.2, -0.15) is 0 Å². The van der Waals surface area contributed by atoms with Crippen molar-refractivity contribution in [1.82, 2.24) is 9.97 Å². The van der Waals surface area contributed by atoms with Gasteiger partial charge in [-0.25, -0.2) is 4.39 Å². The van der Waals surface area contributed by atoms with Gasteiger partial charge in [0.1, 0.15) is 5.69 Å². The molecule has 0 aliphatic carbocycles. The minimum absolute atomic E-state index is 0.145. The van der Waals surface area contributed by atoms with E-state index in [0.29, 0.717) is 16.0 Å². The largest absolute Gasteiger partial charge is 0.319 e. The summed E-state index contributed by atoms with van der Waals surface area (Å²) in [6.07, 6.45) is 1.54. The van der Waals surface area contributed by atoms with E-state index in [4.69, 9.17) is 11.6 Å². The third-order valence-corrected chi connectivity index (χ3v) is 4.14. The molecule has 0 spiro atoms. The molecule has 0 atom stereocenters. The highest BCUT2D eigenvalue weighted by Gasteiger charge is 2.15. The second-order valence-corrected chi connectivity index (χ2v) is 5.62. The van der Waals surface area contributed by atoms with Gasteiger partial charge in [0.2, 0.25) is 5.56 Å². The van der Waals surface area contributed by atoms with Crippen LogP contribution in [0.15, 0.2) is 59.5 Å². The van der Waals surface area contributed by atoms with E-state index in [9.17, 15) is 9.18 Å². The zero-order chi connectivity index (χ0) is 16.0. The Morgan fingerprint density at radius 3 is 2.61 bits per heavy atom. The van der Waals surface area contributed by atoms with E-state index in [1.165, 1.54) is 6.07 Å². The van der Waals surface area contributed by atoms with Crippen molar-refractivity contribution in [3.05, 3.63) is 75.9 Å². The van der Waals surface area contributed by atoms with Crippen LogP contribution in [0.5, 0.6) is 0 Å². The number of benzene rings is 2. The number of aromatic amines is 1. The lowest BCUT2D eigenvalue weighted by Crippen LogP contribution is -2.05. The van der Waals surface area contributed by atoms with Gasteiger partial charge in [0.05, 0.1) is 5.52 Å². The predicted octanol–water partition coefficient (Wildman–Crippen LogP) is 4.54. The van der Waals surface area contributed by atoms with Crippen LogP contribution in [-0.2, 0) is 0 Å². The summed E-state index contributed by atoms with van der Waals surface area (Å²) >= 11 is 6.30. The Bertz CT molecular complexity index is 1120. The number of pyridine rings is 2. The van der Waals surface area contributed by atoms with Crippen LogP contribution in [0.25, 0.3) is 32.9 Å². The van der Waals surface area contributed by atoms with Crippen molar-refractivity contribution in [2.24, 2.45) is 0 Å². The summed E-state index contributed by atoms with van der Waals surface area (Å²) in [6, 6.07) is 13.9. The van der Waals surface area contributed by atoms with Crippen molar-refractivity contribution < 1.29 is 4.39 Å². The Morgan fingerprint density at radius 1 is 1.00 bits per heavy atom. The molecule has 2 aromatic carbocycles. The fourth-order valence-corrected chi connectivity index (χ4v) is 3.05. The van der Waals surface area contributed by atoms with E-state index in [-0.39, 0.29) is 16.8 Å². The fourth-order valence-electron chi connectivity index (χ4n) is 2.76. The monoisotopic (exact) mass is 324 g/mol. The lowest BCUT2D eigenvalue weighted by Gasteiger charge is -2.10. The third-order valence-electron chi connectivity index (χ3n) is 3.82. The van der Waals surface area contributed by atoms with Crippen molar-refractivity contribution in [3.63, 3.8) is 0 Å². The van der Waals surface area contributed by atoms with Crippen LogP contribution < -0.4 is 5.56 Å². The predicted molar refractivity (Wildman–Crippen MR) is 90.3 cm³/mol. The normalized spacial score (nSPS) is 11.2. The first-order valence-corrected chi connectivity index (χ1v) is 7.38. The highest BCUT2D eigenvalue weighted by Crippen LogP contribution is 2.35. The number of halogens is 2. The first-order valence-electron chi connectivity index (χ1n) is 7.00. The molecule has 3 nitrogen and oxygen atoms in total. The molecule has 23 heavy (non-hydrogen) atoms. The lowest BCUT2D eigenvalue weighted by atomic mass is 10.0. The van der Waals surface area contributed by atoms with Gasteiger partial charge in [-0.1, -0.05) is 41.9 Å². The number of fused-ring (bicyclic) bond motifs is 2. The van der Waals surface area contributed by atoms with Crippen LogP contribution in [0, 0.1) is 5.82 Å². The molecule has 4 aromatic rings. The van der Waals surface area contributed by atoms with Crippen molar-refractivity contribution in [2.45, 2.75) is 0 Å². The maximum Gasteiger partial charge on any atom is 0.248 e. The smallest absolute Gasteiger partial charge is 0.248 e. The summed E-state index contributed by atoms with van der Waals surface area (Å²) in [6.45, 7) is 0. The molecule has 0 fully saturated rings. The molecule has 5 heteroatoms. The molecule has 2 heterocycles. The Kier molecular flexibility index (Phi) is 3.13. The molecule has 0 bridgehead atoms. The van der Waals surface area contributed by atoms with Gasteiger partial charge in [0, 0.05) is 33.6 Å². The molecule has 112 valence electrons. The maximum atomic E-state index is 14.9. The van der Waals surface area contributed by atoms with Crippen molar-refractivity contribution >= 4 is 33.3 Å². The molecule has 0 saturated carbocycles. The molecule has 0 radical (unpaired) electrons. The Labute approximate surface area is 135 Å². The molecule has 0 saturated heterocycles. The summed E-state index contributed by atoms with van der Waals surface area (Å²) in [5.41, 5.74) is 0.548. The summed E-state index contributed by atoms with van der Waals surface area (Å²) in [7, 11) is 0. The molecule has 0 aliphatic heterocycles. The minimum Gasteiger partial charge on any atom is -0.319 e. The minimum atomic E-state index is -0.562. The number of hydrogen-bond acceptors (Lipinski definition) is 2. The van der Waals surface area contributed by atoms with Crippen LogP contribution in [0.3, 0.4) is 0 Å². The lowest BCUT2D eigenvalue weighted by molar-refractivity contribution is 0.635. The van der Waals surface area contributed by atoms with Crippen molar-refractivity contribution in [3.8, 4) is 11.3 Å². The number of nitrogens with one attached hydrogen (secondary N) is 1. The zero-order valence-corrected chi connectivity index (χ0v) is 12.6. The second kappa shape index (κ2) is 5.18. The summed E-state index contributed by atoms with van der Waals surface area (Å²) in [5.74, 6) is -0.562. The zero-order valence-electron chi connectivity index (χ0n) is 11.8. The number of rotatable bonds is 1. The van der Waals surface area contributed by atoms with Gasteiger partial charge >= 0.3 is 0 Å². The summed E-state index contributed by atoms with van der Waals surface area (Å²) < 4.78 is 14.9. The Balaban J connectivity index is 2.11. The summed E-state index contributed by atoms with van der Waals surface area (Å²) in [5, 5.41) is 2.71. The molecular formula is C18H10ClFN2O. The fraction of sp³-hybridized carbons (Fsp3) is 0. The number of hydrogen-bond donors (Lipinski definition) is 1. The van der Waals surface area contributed by atoms with Crippen LogP contribution in [0.1, 0.15) is 0 Å². The third kappa shape index (κ3) is 2.19. The number of nitrogens with zero attached hydrogens (tertiary/aromatic N) is 1. The SMILES string of the molecule is O=c1ccc2cnc(-c3cccc4cccc(Cl)c34)c(F)c2[nH]1. The van der Waals surface area contributed by atoms with E-state index in [2.05, 4.69) is 9.97 Å². The van der Waals surface area contributed by atoms with Gasteiger partial charge in [0.15, 0.2) is 5.82 Å². The number of H-pyrrole nitrogens is 1. The highest BCUT2D eigenvalue weighted by molar-refractivity contribution is 6.36. The van der Waals surface area contributed by atoms with E-state index in [0.717, 1.165) is 10.8 Å². The van der Waals surface area contributed by atoms with Crippen LogP contribution >= 0.6 is 11.6 Å². The van der Waals surface area contributed by atoms with E-state index in [1.54, 1.807) is 24.4 Å². The molecule has 1 N–H and O–H groups in total. The molecule has 4 rings (SSSR count). The number of aromatic nitrogens is 2. The van der Waals surface area contributed by atoms with Gasteiger partial charge < -0.3 is 4.98 Å². The van der Waals surface area contributed by atoms with E-state index in [1.807, 2.05) is 24.3 Å². The first kappa shape index (κ1) is 13.9. The molecule has 0 aliphatic rings. The quantitative estimate of drug-likeness (QED) is 0.559. The first-order chi connectivity index (χ1) is 11.1. The van der Waals surface area contributed by atoms with Gasteiger partial charge in [-0.15, -0.1) is 0 Å². The topological polar surface area (TPSA) is 45.8 Å². The van der Waals surface area contributed by atoms with E-state index < -0.39 is 5.82 Å². The van der Waals surface area contributed by atoms with Crippen LogP contribution in [-0.4, -0.2) is 9.97 Å². The molecule has 0 unspecified atom stereocenters. The van der Waals surface area contributed by atoms with Gasteiger partial charge in [-0.05, 0) is 17.5 Å². The molecular weight excluding hydrogens is 315 g/mol. The highest BCUT2D eigenvalue weighted by atomic mass is 35.5.